The molecule has 0 fully saturated rings. The summed E-state index contributed by atoms with van der Waals surface area (Å²) < 4.78 is 2.65. The number of hydrogen-bond acceptors (Lipinski definition) is 2. The first-order chi connectivity index (χ1) is 5.68. The van der Waals surface area contributed by atoms with Crippen molar-refractivity contribution in [1.82, 2.24) is 0 Å². The van der Waals surface area contributed by atoms with Crippen LogP contribution in [0.5, 0.6) is 5.75 Å². The Morgan fingerprint density at radius 2 is 2.17 bits per heavy atom. The predicted octanol–water partition coefficient (Wildman–Crippen LogP) is 3.86. The molecule has 1 heterocycles. The molecule has 1 aromatic heterocycles. The van der Waals surface area contributed by atoms with Gasteiger partial charge in [-0.25, -0.2) is 0 Å². The summed E-state index contributed by atoms with van der Waals surface area (Å²) in [4.78, 5) is 0. The lowest BCUT2D eigenvalue weighted by Gasteiger charge is -1.90. The third-order valence-electron chi connectivity index (χ3n) is 1.58. The van der Waals surface area contributed by atoms with E-state index in [1.807, 2.05) is 18.2 Å². The molecule has 0 saturated carbocycles. The van der Waals surface area contributed by atoms with E-state index >= 15 is 0 Å². The summed E-state index contributed by atoms with van der Waals surface area (Å²) in [6.45, 7) is 0. The minimum absolute atomic E-state index is 0.202. The number of thiophene rings is 1. The van der Waals surface area contributed by atoms with Gasteiger partial charge >= 0.3 is 0 Å². The molecule has 0 aliphatic carbocycles. The molecule has 62 valence electrons. The van der Waals surface area contributed by atoms with Gasteiger partial charge in [0, 0.05) is 13.7 Å². The Kier molecular flexibility index (Phi) is 2.18. The highest BCUT2D eigenvalue weighted by atomic mass is 127. The Hall–Kier alpha value is -0.000000000000000111. The van der Waals surface area contributed by atoms with E-state index < -0.39 is 0 Å². The molecule has 1 N–H and O–H groups in total. The maximum Gasteiger partial charge on any atom is 0.152 e. The highest BCUT2D eigenvalue weighted by Crippen LogP contribution is 2.40. The molecule has 4 heteroatoms. The van der Waals surface area contributed by atoms with E-state index in [4.69, 9.17) is 11.6 Å². The average molecular weight is 311 g/mol. The molecular formula is C8H4ClIOS. The van der Waals surface area contributed by atoms with Crippen molar-refractivity contribution < 1.29 is 5.11 Å². The van der Waals surface area contributed by atoms with Gasteiger partial charge in [-0.3, -0.25) is 0 Å². The fourth-order valence-electron chi connectivity index (χ4n) is 1.03. The smallest absolute Gasteiger partial charge is 0.152 e. The summed E-state index contributed by atoms with van der Waals surface area (Å²) in [6.07, 6.45) is 0. The van der Waals surface area contributed by atoms with Crippen LogP contribution < -0.4 is 0 Å². The Bertz CT molecular complexity index is 438. The van der Waals surface area contributed by atoms with E-state index in [2.05, 4.69) is 22.6 Å². The quantitative estimate of drug-likeness (QED) is 0.733. The van der Waals surface area contributed by atoms with Gasteiger partial charge in [0.05, 0.1) is 0 Å². The second kappa shape index (κ2) is 3.05. The Labute approximate surface area is 92.1 Å². The Balaban J connectivity index is 2.87. The van der Waals surface area contributed by atoms with Gasteiger partial charge in [0.2, 0.25) is 0 Å². The van der Waals surface area contributed by atoms with Crippen LogP contribution >= 0.6 is 45.5 Å². The molecule has 0 amide bonds. The molecule has 1 aromatic carbocycles. The molecule has 0 spiro atoms. The van der Waals surface area contributed by atoms with Crippen LogP contribution in [0.15, 0.2) is 18.2 Å². The van der Waals surface area contributed by atoms with Crippen molar-refractivity contribution in [2.24, 2.45) is 0 Å². The molecule has 0 aliphatic heterocycles. The number of hydrogen-bond donors (Lipinski definition) is 1. The number of fused-ring (bicyclic) bond motifs is 1. The molecule has 2 aromatic rings. The first kappa shape index (κ1) is 8.59. The number of halogens is 2. The molecule has 2 rings (SSSR count). The van der Waals surface area contributed by atoms with Gasteiger partial charge < -0.3 is 5.11 Å². The van der Waals surface area contributed by atoms with E-state index in [1.54, 1.807) is 0 Å². The van der Waals surface area contributed by atoms with Crippen LogP contribution in [-0.4, -0.2) is 5.11 Å². The zero-order valence-corrected chi connectivity index (χ0v) is 9.57. The van der Waals surface area contributed by atoms with Gasteiger partial charge in [-0.1, -0.05) is 11.6 Å². The molecule has 0 atom stereocenters. The molecule has 0 bridgehead atoms. The van der Waals surface area contributed by atoms with Crippen LogP contribution in [0.3, 0.4) is 0 Å². The van der Waals surface area contributed by atoms with Crippen molar-refractivity contribution >= 4 is 55.6 Å². The third kappa shape index (κ3) is 1.30. The molecular weight excluding hydrogens is 307 g/mol. The van der Waals surface area contributed by atoms with E-state index in [0.717, 1.165) is 13.7 Å². The molecule has 0 saturated heterocycles. The van der Waals surface area contributed by atoms with Crippen molar-refractivity contribution in [3.8, 4) is 5.75 Å². The first-order valence-corrected chi connectivity index (χ1v) is 5.52. The van der Waals surface area contributed by atoms with Gasteiger partial charge in [0.25, 0.3) is 0 Å². The molecule has 0 unspecified atom stereocenters. The Morgan fingerprint density at radius 1 is 1.42 bits per heavy atom. The van der Waals surface area contributed by atoms with Crippen molar-refractivity contribution in [2.45, 2.75) is 0 Å². The van der Waals surface area contributed by atoms with Crippen LogP contribution in [0.4, 0.5) is 0 Å². The van der Waals surface area contributed by atoms with Crippen LogP contribution in [-0.2, 0) is 0 Å². The molecule has 1 nitrogen and oxygen atoms in total. The minimum Gasteiger partial charge on any atom is -0.505 e. The lowest BCUT2D eigenvalue weighted by molar-refractivity contribution is 0.484. The lowest BCUT2D eigenvalue weighted by atomic mass is 10.2. The van der Waals surface area contributed by atoms with E-state index in [1.165, 1.54) is 11.3 Å². The number of rotatable bonds is 0. The van der Waals surface area contributed by atoms with E-state index in [9.17, 15) is 5.11 Å². The van der Waals surface area contributed by atoms with Crippen molar-refractivity contribution in [2.75, 3.05) is 0 Å². The van der Waals surface area contributed by atoms with Gasteiger partial charge in [0.15, 0.2) is 5.75 Å². The van der Waals surface area contributed by atoms with Crippen LogP contribution in [0, 0.1) is 3.57 Å². The predicted molar refractivity (Wildman–Crippen MR) is 61.2 cm³/mol. The Morgan fingerprint density at radius 3 is 2.92 bits per heavy atom. The second-order valence-corrected chi connectivity index (χ2v) is 5.26. The standard InChI is InChI=1S/C8H4ClIOS/c9-8-7(11)5-2-1-4(10)3-6(5)12-8/h1-3,11H. The molecule has 12 heavy (non-hydrogen) atoms. The second-order valence-electron chi connectivity index (χ2n) is 2.36. The van der Waals surface area contributed by atoms with Crippen molar-refractivity contribution in [1.29, 1.82) is 0 Å². The summed E-state index contributed by atoms with van der Waals surface area (Å²) in [5.74, 6) is 0.202. The van der Waals surface area contributed by atoms with Crippen LogP contribution in [0.2, 0.25) is 4.34 Å². The summed E-state index contributed by atoms with van der Waals surface area (Å²) >= 11 is 9.40. The molecule has 0 radical (unpaired) electrons. The highest BCUT2D eigenvalue weighted by molar-refractivity contribution is 14.1. The highest BCUT2D eigenvalue weighted by Gasteiger charge is 2.08. The van der Waals surface area contributed by atoms with Crippen LogP contribution in [0.25, 0.3) is 10.1 Å². The van der Waals surface area contributed by atoms with Gasteiger partial charge in [0.1, 0.15) is 4.34 Å². The zero-order chi connectivity index (χ0) is 8.72. The largest absolute Gasteiger partial charge is 0.505 e. The SMILES string of the molecule is Oc1c(Cl)sc2cc(I)ccc12. The maximum absolute atomic E-state index is 9.47. The van der Waals surface area contributed by atoms with Gasteiger partial charge in [-0.2, -0.15) is 0 Å². The lowest BCUT2D eigenvalue weighted by Crippen LogP contribution is -1.67. The van der Waals surface area contributed by atoms with Crippen LogP contribution in [0.1, 0.15) is 0 Å². The third-order valence-corrected chi connectivity index (χ3v) is 3.60. The van der Waals surface area contributed by atoms with Gasteiger partial charge in [-0.15, -0.1) is 11.3 Å². The average Bonchev–Trinajstić information content (AvgIpc) is 2.28. The fraction of sp³-hybridized carbons (Fsp3) is 0. The summed E-state index contributed by atoms with van der Waals surface area (Å²) in [6, 6.07) is 5.84. The monoisotopic (exact) mass is 310 g/mol. The van der Waals surface area contributed by atoms with E-state index in [-0.39, 0.29) is 5.75 Å². The fourth-order valence-corrected chi connectivity index (χ4v) is 2.94. The maximum atomic E-state index is 9.47. The first-order valence-electron chi connectivity index (χ1n) is 3.25. The number of benzene rings is 1. The van der Waals surface area contributed by atoms with Crippen molar-refractivity contribution in [3.63, 3.8) is 0 Å². The van der Waals surface area contributed by atoms with Crippen molar-refractivity contribution in [3.05, 3.63) is 26.1 Å². The number of aromatic hydroxyl groups is 1. The topological polar surface area (TPSA) is 20.2 Å². The summed E-state index contributed by atoms with van der Waals surface area (Å²) in [7, 11) is 0. The summed E-state index contributed by atoms with van der Waals surface area (Å²) in [5, 5.41) is 10.3. The zero-order valence-electron chi connectivity index (χ0n) is 5.84. The van der Waals surface area contributed by atoms with E-state index in [0.29, 0.717) is 4.34 Å². The minimum atomic E-state index is 0.202. The van der Waals surface area contributed by atoms with Gasteiger partial charge in [-0.05, 0) is 40.8 Å². The summed E-state index contributed by atoms with van der Waals surface area (Å²) in [5.41, 5.74) is 0. The normalized spacial score (nSPS) is 10.8. The molecule has 0 aliphatic rings.